The molecule has 0 fully saturated rings. The Labute approximate surface area is 140 Å². The molecule has 0 aliphatic carbocycles. The van der Waals surface area contributed by atoms with Crippen LogP contribution in [-0.4, -0.2) is 24.9 Å². The standard InChI is InChI=1S/C17H26N4O3/c1-4-6-8-13-18-15-14(20(13)11-9-12(3)22)16(23)19-17(24)21(15)10-7-5-2/h4-11H2,1-3H3,(H,19,23,24). The average Bonchev–Trinajstić information content (AvgIpc) is 2.89. The Morgan fingerprint density at radius 3 is 2.42 bits per heavy atom. The number of unbranched alkanes of at least 4 members (excludes halogenated alkanes) is 2. The summed E-state index contributed by atoms with van der Waals surface area (Å²) in [5.74, 6) is 0.837. The molecule has 0 spiro atoms. The monoisotopic (exact) mass is 334 g/mol. The zero-order chi connectivity index (χ0) is 17.7. The first kappa shape index (κ1) is 18.2. The van der Waals surface area contributed by atoms with Crippen molar-refractivity contribution >= 4 is 16.9 Å². The van der Waals surface area contributed by atoms with Crippen molar-refractivity contribution in [3.63, 3.8) is 0 Å². The van der Waals surface area contributed by atoms with Gasteiger partial charge < -0.3 is 4.57 Å². The third-order valence-electron chi connectivity index (χ3n) is 4.14. The molecule has 0 unspecified atom stereocenters. The van der Waals surface area contributed by atoms with Crippen molar-refractivity contribution in [3.05, 3.63) is 26.7 Å². The molecule has 2 rings (SSSR count). The van der Waals surface area contributed by atoms with Crippen LogP contribution in [0.5, 0.6) is 0 Å². The van der Waals surface area contributed by atoms with Crippen LogP contribution < -0.4 is 11.2 Å². The van der Waals surface area contributed by atoms with Gasteiger partial charge in [0.25, 0.3) is 5.56 Å². The van der Waals surface area contributed by atoms with Gasteiger partial charge in [-0.05, 0) is 19.8 Å². The Bertz CT molecular complexity index is 829. The highest BCUT2D eigenvalue weighted by atomic mass is 16.2. The smallest absolute Gasteiger partial charge is 0.322 e. The average molecular weight is 334 g/mol. The Balaban J connectivity index is 2.63. The number of nitrogens with zero attached hydrogens (tertiary/aromatic N) is 3. The first-order chi connectivity index (χ1) is 11.5. The quantitative estimate of drug-likeness (QED) is 0.759. The van der Waals surface area contributed by atoms with E-state index in [-0.39, 0.29) is 5.78 Å². The van der Waals surface area contributed by atoms with E-state index in [1.165, 1.54) is 6.92 Å². The normalized spacial score (nSPS) is 11.3. The molecule has 132 valence electrons. The maximum atomic E-state index is 12.4. The van der Waals surface area contributed by atoms with Crippen LogP contribution in [0.15, 0.2) is 9.59 Å². The number of aromatic nitrogens is 4. The molecule has 0 aromatic carbocycles. The molecular weight excluding hydrogens is 308 g/mol. The third kappa shape index (κ3) is 3.83. The Kier molecular flexibility index (Phi) is 6.11. The maximum absolute atomic E-state index is 12.4. The van der Waals surface area contributed by atoms with Crippen molar-refractivity contribution in [2.75, 3.05) is 0 Å². The number of carbonyl (C=O) groups is 1. The second kappa shape index (κ2) is 8.08. The second-order valence-electron chi connectivity index (χ2n) is 6.17. The van der Waals surface area contributed by atoms with E-state index in [0.29, 0.717) is 30.7 Å². The van der Waals surface area contributed by atoms with E-state index in [2.05, 4.69) is 16.9 Å². The molecule has 2 heterocycles. The summed E-state index contributed by atoms with van der Waals surface area (Å²) >= 11 is 0. The van der Waals surface area contributed by atoms with Gasteiger partial charge in [0.1, 0.15) is 11.6 Å². The van der Waals surface area contributed by atoms with E-state index in [4.69, 9.17) is 0 Å². The van der Waals surface area contributed by atoms with Crippen LogP contribution in [0.2, 0.25) is 0 Å². The van der Waals surface area contributed by atoms with Crippen LogP contribution in [0.25, 0.3) is 11.2 Å². The van der Waals surface area contributed by atoms with Crippen molar-refractivity contribution in [3.8, 4) is 0 Å². The summed E-state index contributed by atoms with van der Waals surface area (Å²) in [7, 11) is 0. The summed E-state index contributed by atoms with van der Waals surface area (Å²) in [5.41, 5.74) is -0.00864. The topological polar surface area (TPSA) is 89.8 Å². The van der Waals surface area contributed by atoms with Crippen LogP contribution in [0.3, 0.4) is 0 Å². The molecule has 7 nitrogen and oxygen atoms in total. The number of hydrogen-bond acceptors (Lipinski definition) is 4. The van der Waals surface area contributed by atoms with Crippen molar-refractivity contribution in [2.24, 2.45) is 0 Å². The zero-order valence-corrected chi connectivity index (χ0v) is 14.7. The predicted molar refractivity (Wildman–Crippen MR) is 93.4 cm³/mol. The van der Waals surface area contributed by atoms with Gasteiger partial charge in [-0.2, -0.15) is 0 Å². The molecule has 0 saturated carbocycles. The van der Waals surface area contributed by atoms with Gasteiger partial charge in [-0.25, -0.2) is 9.78 Å². The van der Waals surface area contributed by atoms with Gasteiger partial charge in [0, 0.05) is 25.9 Å². The van der Waals surface area contributed by atoms with Gasteiger partial charge in [0.05, 0.1) is 0 Å². The number of fused-ring (bicyclic) bond motifs is 1. The lowest BCUT2D eigenvalue weighted by Gasteiger charge is -2.08. The number of aryl methyl sites for hydroxylation is 3. The molecule has 0 bridgehead atoms. The number of imidazole rings is 1. The molecule has 2 aromatic heterocycles. The van der Waals surface area contributed by atoms with Crippen LogP contribution >= 0.6 is 0 Å². The van der Waals surface area contributed by atoms with E-state index < -0.39 is 11.2 Å². The summed E-state index contributed by atoms with van der Waals surface area (Å²) in [5, 5.41) is 0. The van der Waals surface area contributed by atoms with Gasteiger partial charge in [-0.15, -0.1) is 0 Å². The number of carbonyl (C=O) groups excluding carboxylic acids is 1. The summed E-state index contributed by atoms with van der Waals surface area (Å²) < 4.78 is 3.35. The van der Waals surface area contributed by atoms with Gasteiger partial charge in [0.15, 0.2) is 11.2 Å². The highest BCUT2D eigenvalue weighted by Gasteiger charge is 2.18. The number of Topliss-reactive ketones (excluding diaryl/α,β-unsaturated/α-hetero) is 1. The second-order valence-corrected chi connectivity index (χ2v) is 6.17. The van der Waals surface area contributed by atoms with Crippen molar-refractivity contribution < 1.29 is 4.79 Å². The fourth-order valence-electron chi connectivity index (χ4n) is 2.78. The molecular formula is C17H26N4O3. The minimum Gasteiger partial charge on any atom is -0.322 e. The Morgan fingerprint density at radius 1 is 1.08 bits per heavy atom. The molecule has 0 aliphatic rings. The van der Waals surface area contributed by atoms with Crippen LogP contribution in [0.1, 0.15) is 58.7 Å². The first-order valence-electron chi connectivity index (χ1n) is 8.71. The van der Waals surface area contributed by atoms with E-state index in [0.717, 1.165) is 37.9 Å². The number of ketones is 1. The predicted octanol–water partition coefficient (Wildman–Crippen LogP) is 2.01. The minimum atomic E-state index is -0.429. The lowest BCUT2D eigenvalue weighted by atomic mass is 10.2. The van der Waals surface area contributed by atoms with Crippen LogP contribution in [0, 0.1) is 0 Å². The summed E-state index contributed by atoms with van der Waals surface area (Å²) in [6, 6.07) is 0. The lowest BCUT2D eigenvalue weighted by Crippen LogP contribution is -2.31. The van der Waals surface area contributed by atoms with Gasteiger partial charge in [-0.1, -0.05) is 26.7 Å². The van der Waals surface area contributed by atoms with Gasteiger partial charge in [0.2, 0.25) is 0 Å². The minimum absolute atomic E-state index is 0.0639. The van der Waals surface area contributed by atoms with Crippen molar-refractivity contribution in [1.29, 1.82) is 0 Å². The SMILES string of the molecule is CCCCc1nc2c(c(=O)[nH]c(=O)n2CCCC)n1CCC(C)=O. The first-order valence-corrected chi connectivity index (χ1v) is 8.71. The Hall–Kier alpha value is -2.18. The maximum Gasteiger partial charge on any atom is 0.330 e. The van der Waals surface area contributed by atoms with E-state index >= 15 is 0 Å². The van der Waals surface area contributed by atoms with E-state index in [9.17, 15) is 14.4 Å². The highest BCUT2D eigenvalue weighted by molar-refractivity contribution is 5.76. The van der Waals surface area contributed by atoms with E-state index in [1.54, 1.807) is 4.57 Å². The number of hydrogen-bond donors (Lipinski definition) is 1. The summed E-state index contributed by atoms with van der Waals surface area (Å²) in [6.45, 7) is 6.62. The van der Waals surface area contributed by atoms with Crippen molar-refractivity contribution in [1.82, 2.24) is 19.1 Å². The largest absolute Gasteiger partial charge is 0.330 e. The number of aromatic amines is 1. The third-order valence-corrected chi connectivity index (χ3v) is 4.14. The molecule has 0 amide bonds. The molecule has 7 heteroatoms. The van der Waals surface area contributed by atoms with Crippen LogP contribution in [-0.2, 0) is 24.3 Å². The molecule has 2 aromatic rings. The lowest BCUT2D eigenvalue weighted by molar-refractivity contribution is -0.117. The highest BCUT2D eigenvalue weighted by Crippen LogP contribution is 2.15. The molecule has 0 radical (unpaired) electrons. The number of nitrogens with one attached hydrogen (secondary N) is 1. The summed E-state index contributed by atoms with van der Waals surface area (Å²) in [6.07, 6.45) is 4.81. The molecule has 24 heavy (non-hydrogen) atoms. The number of H-pyrrole nitrogens is 1. The van der Waals surface area contributed by atoms with E-state index in [1.807, 2.05) is 11.5 Å². The van der Waals surface area contributed by atoms with Crippen molar-refractivity contribution in [2.45, 2.75) is 72.4 Å². The zero-order valence-electron chi connectivity index (χ0n) is 14.7. The Morgan fingerprint density at radius 2 is 1.79 bits per heavy atom. The molecule has 0 saturated heterocycles. The van der Waals surface area contributed by atoms with Crippen LogP contribution in [0.4, 0.5) is 0 Å². The van der Waals surface area contributed by atoms with Gasteiger partial charge in [-0.3, -0.25) is 19.1 Å². The molecule has 0 atom stereocenters. The molecule has 1 N–H and O–H groups in total. The van der Waals surface area contributed by atoms with Gasteiger partial charge >= 0.3 is 5.69 Å². The fourth-order valence-corrected chi connectivity index (χ4v) is 2.78. The molecule has 0 aliphatic heterocycles. The number of rotatable bonds is 9. The summed E-state index contributed by atoms with van der Waals surface area (Å²) in [4.78, 5) is 42.9. The fraction of sp³-hybridized carbons (Fsp3) is 0.647.